The van der Waals surface area contributed by atoms with Crippen molar-refractivity contribution in [3.63, 3.8) is 0 Å². The van der Waals surface area contributed by atoms with Gasteiger partial charge in [-0.2, -0.15) is 0 Å². The highest BCUT2D eigenvalue weighted by atomic mass is 31.1. The minimum atomic E-state index is 0.392. The van der Waals surface area contributed by atoms with E-state index in [-0.39, 0.29) is 0 Å². The molecular weight excluding hydrogens is 153 g/mol. The Kier molecular flexibility index (Phi) is 4.58. The summed E-state index contributed by atoms with van der Waals surface area (Å²) >= 11 is 0. The second-order valence-electron chi connectivity index (χ2n) is 3.87. The maximum absolute atomic E-state index is 2.42. The second-order valence-corrected chi connectivity index (χ2v) is 6.54. The van der Waals surface area contributed by atoms with Gasteiger partial charge in [-0.15, -0.1) is 0 Å². The zero-order valence-corrected chi connectivity index (χ0v) is 9.73. The summed E-state index contributed by atoms with van der Waals surface area (Å²) in [6.45, 7) is 12.6. The molecule has 0 saturated heterocycles. The van der Waals surface area contributed by atoms with Gasteiger partial charge in [0.25, 0.3) is 0 Å². The molecule has 1 unspecified atom stereocenters. The molecular formula is C9H22NP. The van der Waals surface area contributed by atoms with Gasteiger partial charge in [-0.25, -0.2) is 0 Å². The van der Waals surface area contributed by atoms with Crippen LogP contribution >= 0.6 is 8.58 Å². The van der Waals surface area contributed by atoms with E-state index in [0.717, 1.165) is 20.8 Å². The van der Waals surface area contributed by atoms with Gasteiger partial charge in [-0.3, -0.25) is 4.90 Å². The first kappa shape index (κ1) is 11.4. The summed E-state index contributed by atoms with van der Waals surface area (Å²) in [5, 5.41) is 0.392. The fourth-order valence-corrected chi connectivity index (χ4v) is 3.00. The summed E-state index contributed by atoms with van der Waals surface area (Å²) < 4.78 is 0. The Morgan fingerprint density at radius 2 is 1.82 bits per heavy atom. The monoisotopic (exact) mass is 175 g/mol. The number of hydrogen-bond acceptors (Lipinski definition) is 1. The van der Waals surface area contributed by atoms with Crippen LogP contribution in [0.3, 0.4) is 0 Å². The molecule has 0 bridgehead atoms. The molecule has 0 fully saturated rings. The Balaban J connectivity index is 3.98. The molecule has 0 amide bonds. The van der Waals surface area contributed by atoms with Gasteiger partial charge in [0.05, 0.1) is 0 Å². The molecule has 1 nitrogen and oxygen atoms in total. The van der Waals surface area contributed by atoms with E-state index in [4.69, 9.17) is 0 Å². The molecule has 0 aliphatic heterocycles. The molecule has 1 atom stereocenters. The van der Waals surface area contributed by atoms with E-state index >= 15 is 0 Å². The largest absolute Gasteiger partial charge is 0.298 e. The minimum Gasteiger partial charge on any atom is -0.298 e. The molecule has 11 heavy (non-hydrogen) atoms. The lowest BCUT2D eigenvalue weighted by Crippen LogP contribution is -2.37. The van der Waals surface area contributed by atoms with Gasteiger partial charge in [0.1, 0.15) is 0 Å². The zero-order valence-electron chi connectivity index (χ0n) is 8.73. The molecule has 0 aliphatic carbocycles. The molecule has 2 heteroatoms. The highest BCUT2D eigenvalue weighted by Gasteiger charge is 2.22. The minimum absolute atomic E-state index is 0.392. The fraction of sp³-hybridized carbons (Fsp3) is 1.00. The van der Waals surface area contributed by atoms with E-state index < -0.39 is 0 Å². The van der Waals surface area contributed by atoms with Gasteiger partial charge in [0, 0.05) is 5.28 Å². The average Bonchev–Trinajstić information content (AvgIpc) is 1.83. The molecule has 0 radical (unpaired) electrons. The summed E-state index contributed by atoms with van der Waals surface area (Å²) in [7, 11) is 3.23. The Labute approximate surface area is 73.3 Å². The third-order valence-corrected chi connectivity index (χ3v) is 3.74. The predicted octanol–water partition coefficient (Wildman–Crippen LogP) is 2.76. The van der Waals surface area contributed by atoms with Crippen LogP contribution in [0.4, 0.5) is 0 Å². The first-order valence-corrected chi connectivity index (χ1v) is 5.46. The SMILES string of the molecule is CCN(C)C(C)(C)PC(C)C. The number of rotatable bonds is 4. The van der Waals surface area contributed by atoms with Crippen molar-refractivity contribution in [2.75, 3.05) is 13.6 Å². The van der Waals surface area contributed by atoms with E-state index in [1.54, 1.807) is 0 Å². The molecule has 0 aliphatic rings. The first-order chi connectivity index (χ1) is 4.90. The molecule has 0 aromatic heterocycles. The van der Waals surface area contributed by atoms with Crippen LogP contribution in [0, 0.1) is 0 Å². The molecule has 0 N–H and O–H groups in total. The van der Waals surface area contributed by atoms with Gasteiger partial charge in [-0.1, -0.05) is 29.4 Å². The number of nitrogens with zero attached hydrogens (tertiary/aromatic N) is 1. The highest BCUT2D eigenvalue weighted by Crippen LogP contribution is 2.37. The Bertz CT molecular complexity index is 110. The third kappa shape index (κ3) is 4.08. The molecule has 0 spiro atoms. The van der Waals surface area contributed by atoms with Gasteiger partial charge in [0.2, 0.25) is 0 Å². The van der Waals surface area contributed by atoms with Crippen LogP contribution in [0.25, 0.3) is 0 Å². The fourth-order valence-electron chi connectivity index (χ4n) is 1.21. The van der Waals surface area contributed by atoms with Crippen LogP contribution in [-0.2, 0) is 0 Å². The van der Waals surface area contributed by atoms with Crippen LogP contribution in [0.2, 0.25) is 0 Å². The normalized spacial score (nSPS) is 14.2. The van der Waals surface area contributed by atoms with E-state index in [1.807, 2.05) is 0 Å². The summed E-state index contributed by atoms with van der Waals surface area (Å²) in [4.78, 5) is 2.42. The lowest BCUT2D eigenvalue weighted by molar-refractivity contribution is 0.253. The topological polar surface area (TPSA) is 3.24 Å². The smallest absolute Gasteiger partial charge is 0.0322 e. The maximum Gasteiger partial charge on any atom is 0.0322 e. The first-order valence-electron chi connectivity index (χ1n) is 4.39. The lowest BCUT2D eigenvalue weighted by Gasteiger charge is -2.36. The summed E-state index contributed by atoms with van der Waals surface area (Å²) in [5.74, 6) is 0. The van der Waals surface area contributed by atoms with Gasteiger partial charge in [-0.05, 0) is 33.1 Å². The highest BCUT2D eigenvalue weighted by molar-refractivity contribution is 7.40. The Hall–Kier alpha value is 0.390. The van der Waals surface area contributed by atoms with E-state index in [2.05, 4.69) is 46.6 Å². The van der Waals surface area contributed by atoms with Crippen molar-refractivity contribution in [3.05, 3.63) is 0 Å². The molecule has 0 saturated carbocycles. The molecule has 0 heterocycles. The molecule has 0 rings (SSSR count). The van der Waals surface area contributed by atoms with Crippen LogP contribution in [-0.4, -0.2) is 29.4 Å². The van der Waals surface area contributed by atoms with E-state index in [1.165, 1.54) is 0 Å². The second kappa shape index (κ2) is 4.42. The summed E-state index contributed by atoms with van der Waals surface area (Å²) in [5.41, 5.74) is 0.819. The van der Waals surface area contributed by atoms with Crippen molar-refractivity contribution in [3.8, 4) is 0 Å². The quantitative estimate of drug-likeness (QED) is 0.594. The van der Waals surface area contributed by atoms with Crippen molar-refractivity contribution >= 4 is 8.58 Å². The maximum atomic E-state index is 2.42. The molecule has 0 aromatic rings. The standard InChI is InChI=1S/C9H22NP/c1-7-10(6)9(4,5)11-8(2)3/h8,11H,7H2,1-6H3. The van der Waals surface area contributed by atoms with Crippen LogP contribution < -0.4 is 0 Å². The molecule has 0 aromatic carbocycles. The Morgan fingerprint density at radius 1 is 1.36 bits per heavy atom. The summed E-state index contributed by atoms with van der Waals surface area (Å²) in [6.07, 6.45) is 0. The lowest BCUT2D eigenvalue weighted by atomic mass is 10.3. The van der Waals surface area contributed by atoms with E-state index in [9.17, 15) is 0 Å². The van der Waals surface area contributed by atoms with Gasteiger partial charge in [0.15, 0.2) is 0 Å². The predicted molar refractivity (Wildman–Crippen MR) is 55.8 cm³/mol. The summed E-state index contributed by atoms with van der Waals surface area (Å²) in [6, 6.07) is 0. The third-order valence-electron chi connectivity index (χ3n) is 2.07. The van der Waals surface area contributed by atoms with Crippen LogP contribution in [0.1, 0.15) is 34.6 Å². The van der Waals surface area contributed by atoms with Crippen molar-refractivity contribution in [1.82, 2.24) is 4.90 Å². The molecule has 68 valence electrons. The van der Waals surface area contributed by atoms with E-state index in [0.29, 0.717) is 5.28 Å². The zero-order chi connectivity index (χ0) is 9.07. The number of hydrogen-bond donors (Lipinski definition) is 0. The van der Waals surface area contributed by atoms with Gasteiger partial charge < -0.3 is 0 Å². The Morgan fingerprint density at radius 3 is 2.09 bits per heavy atom. The van der Waals surface area contributed by atoms with Crippen molar-refractivity contribution in [1.29, 1.82) is 0 Å². The van der Waals surface area contributed by atoms with Crippen molar-refractivity contribution in [2.45, 2.75) is 45.6 Å². The average molecular weight is 175 g/mol. The van der Waals surface area contributed by atoms with Crippen LogP contribution in [0.5, 0.6) is 0 Å². The van der Waals surface area contributed by atoms with Gasteiger partial charge >= 0.3 is 0 Å². The van der Waals surface area contributed by atoms with Crippen molar-refractivity contribution < 1.29 is 0 Å². The van der Waals surface area contributed by atoms with Crippen LogP contribution in [0.15, 0.2) is 0 Å². The van der Waals surface area contributed by atoms with Crippen molar-refractivity contribution in [2.24, 2.45) is 0 Å².